The van der Waals surface area contributed by atoms with Crippen LogP contribution in [0.3, 0.4) is 0 Å². The van der Waals surface area contributed by atoms with Crippen molar-refractivity contribution in [3.05, 3.63) is 70.5 Å². The third-order valence-electron chi connectivity index (χ3n) is 4.52. The van der Waals surface area contributed by atoms with Gasteiger partial charge in [0.05, 0.1) is 5.75 Å². The Morgan fingerprint density at radius 1 is 1.08 bits per heavy atom. The van der Waals surface area contributed by atoms with Crippen LogP contribution in [0.15, 0.2) is 48.5 Å². The van der Waals surface area contributed by atoms with Crippen molar-refractivity contribution in [3.63, 3.8) is 0 Å². The van der Waals surface area contributed by atoms with Gasteiger partial charge in [0.2, 0.25) is 10.0 Å². The molecule has 0 aromatic heterocycles. The fourth-order valence-corrected chi connectivity index (χ4v) is 4.68. The molecule has 0 saturated carbocycles. The summed E-state index contributed by atoms with van der Waals surface area (Å²) in [6.07, 6.45) is 0. The highest BCUT2D eigenvalue weighted by molar-refractivity contribution is 7.88. The molecule has 1 unspecified atom stereocenters. The summed E-state index contributed by atoms with van der Waals surface area (Å²) in [5, 5.41) is 0.581. The van der Waals surface area contributed by atoms with E-state index in [0.717, 1.165) is 5.56 Å². The first-order chi connectivity index (χ1) is 11.8. The first-order valence-corrected chi connectivity index (χ1v) is 10.0. The maximum Gasteiger partial charge on any atom is 0.218 e. The molecule has 4 nitrogen and oxygen atoms in total. The predicted molar refractivity (Wildman–Crippen MR) is 97.4 cm³/mol. The third kappa shape index (κ3) is 4.39. The highest BCUT2D eigenvalue weighted by Gasteiger charge is 2.32. The van der Waals surface area contributed by atoms with Gasteiger partial charge < -0.3 is 0 Å². The van der Waals surface area contributed by atoms with E-state index in [1.54, 1.807) is 36.4 Å². The molecule has 1 atom stereocenters. The van der Waals surface area contributed by atoms with Gasteiger partial charge in [-0.25, -0.2) is 12.8 Å². The zero-order chi connectivity index (χ0) is 18.0. The van der Waals surface area contributed by atoms with E-state index < -0.39 is 10.0 Å². The number of nitrogens with zero attached hydrogens (tertiary/aromatic N) is 2. The van der Waals surface area contributed by atoms with Crippen LogP contribution in [0.25, 0.3) is 0 Å². The number of likely N-dealkylation sites (N-methyl/N-ethyl adjacent to an activating group) is 1. The second kappa shape index (κ2) is 7.41. The first-order valence-electron chi connectivity index (χ1n) is 8.03. The van der Waals surface area contributed by atoms with E-state index in [1.807, 2.05) is 7.05 Å². The lowest BCUT2D eigenvalue weighted by Crippen LogP contribution is -2.49. The number of halogens is 2. The van der Waals surface area contributed by atoms with Gasteiger partial charge in [0.15, 0.2) is 0 Å². The Kier molecular flexibility index (Phi) is 5.43. The van der Waals surface area contributed by atoms with Crippen LogP contribution in [-0.4, -0.2) is 44.3 Å². The van der Waals surface area contributed by atoms with Crippen molar-refractivity contribution in [1.29, 1.82) is 0 Å². The minimum absolute atomic E-state index is 0.0516. The number of hydrogen-bond acceptors (Lipinski definition) is 3. The second-order valence-corrected chi connectivity index (χ2v) is 8.69. The molecule has 7 heteroatoms. The van der Waals surface area contributed by atoms with Crippen molar-refractivity contribution in [2.24, 2.45) is 0 Å². The molecule has 25 heavy (non-hydrogen) atoms. The van der Waals surface area contributed by atoms with Crippen LogP contribution in [-0.2, 0) is 15.8 Å². The van der Waals surface area contributed by atoms with Gasteiger partial charge in [0.1, 0.15) is 5.82 Å². The third-order valence-corrected chi connectivity index (χ3v) is 6.59. The molecule has 2 aromatic rings. The average Bonchev–Trinajstić information content (AvgIpc) is 2.58. The molecule has 0 N–H and O–H groups in total. The zero-order valence-corrected chi connectivity index (χ0v) is 15.5. The Morgan fingerprint density at radius 2 is 1.72 bits per heavy atom. The van der Waals surface area contributed by atoms with Crippen molar-refractivity contribution in [2.45, 2.75) is 11.8 Å². The highest BCUT2D eigenvalue weighted by Crippen LogP contribution is 2.27. The number of piperazine rings is 1. The Morgan fingerprint density at radius 3 is 2.36 bits per heavy atom. The van der Waals surface area contributed by atoms with Gasteiger partial charge in [-0.2, -0.15) is 4.31 Å². The molecule has 1 saturated heterocycles. The quantitative estimate of drug-likeness (QED) is 0.814. The van der Waals surface area contributed by atoms with E-state index in [0.29, 0.717) is 30.2 Å². The van der Waals surface area contributed by atoms with Crippen LogP contribution in [0.1, 0.15) is 17.2 Å². The minimum Gasteiger partial charge on any atom is -0.297 e. The molecule has 0 spiro atoms. The lowest BCUT2D eigenvalue weighted by molar-refractivity contribution is 0.148. The highest BCUT2D eigenvalue weighted by atomic mass is 35.5. The molecule has 1 aliphatic rings. The van der Waals surface area contributed by atoms with Gasteiger partial charge in [0, 0.05) is 30.7 Å². The molecule has 1 aliphatic heterocycles. The summed E-state index contributed by atoms with van der Waals surface area (Å²) < 4.78 is 40.3. The van der Waals surface area contributed by atoms with Crippen LogP contribution >= 0.6 is 11.6 Å². The predicted octanol–water partition coefficient (Wildman–Crippen LogP) is 3.30. The van der Waals surface area contributed by atoms with Crippen LogP contribution < -0.4 is 0 Å². The van der Waals surface area contributed by atoms with Crippen molar-refractivity contribution in [3.8, 4) is 0 Å². The second-order valence-electron chi connectivity index (χ2n) is 6.29. The molecule has 2 aromatic carbocycles. The molecule has 0 amide bonds. The summed E-state index contributed by atoms with van der Waals surface area (Å²) in [5.41, 5.74) is 1.62. The normalized spacial score (nSPS) is 19.9. The molecular formula is C18H20ClFN2O2S. The number of rotatable bonds is 4. The molecular weight excluding hydrogens is 363 g/mol. The topological polar surface area (TPSA) is 40.6 Å². The van der Waals surface area contributed by atoms with Crippen LogP contribution in [0, 0.1) is 5.82 Å². The maximum atomic E-state index is 13.2. The van der Waals surface area contributed by atoms with E-state index in [2.05, 4.69) is 4.90 Å². The molecule has 0 aliphatic carbocycles. The largest absolute Gasteiger partial charge is 0.297 e. The number of hydrogen-bond donors (Lipinski definition) is 0. The minimum atomic E-state index is -3.43. The SMILES string of the molecule is CN1CCN(S(=O)(=O)Cc2ccc(Cl)cc2)CC1c1ccc(F)cc1. The monoisotopic (exact) mass is 382 g/mol. The fraction of sp³-hybridized carbons (Fsp3) is 0.333. The van der Waals surface area contributed by atoms with Crippen molar-refractivity contribution >= 4 is 21.6 Å². The van der Waals surface area contributed by atoms with Crippen molar-refractivity contribution < 1.29 is 12.8 Å². The van der Waals surface area contributed by atoms with Crippen LogP contribution in [0.5, 0.6) is 0 Å². The van der Waals surface area contributed by atoms with Gasteiger partial charge >= 0.3 is 0 Å². The van der Waals surface area contributed by atoms with Crippen molar-refractivity contribution in [1.82, 2.24) is 9.21 Å². The molecule has 1 fully saturated rings. The van der Waals surface area contributed by atoms with Crippen LogP contribution in [0.4, 0.5) is 4.39 Å². The lowest BCUT2D eigenvalue weighted by atomic mass is 10.0. The summed E-state index contributed by atoms with van der Waals surface area (Å²) in [5.74, 6) is -0.348. The maximum absolute atomic E-state index is 13.2. The van der Waals surface area contributed by atoms with E-state index >= 15 is 0 Å². The Hall–Kier alpha value is -1.47. The number of benzene rings is 2. The zero-order valence-electron chi connectivity index (χ0n) is 13.9. The van der Waals surface area contributed by atoms with E-state index in [1.165, 1.54) is 16.4 Å². The number of sulfonamides is 1. The van der Waals surface area contributed by atoms with E-state index in [9.17, 15) is 12.8 Å². The van der Waals surface area contributed by atoms with E-state index in [4.69, 9.17) is 11.6 Å². The molecule has 3 rings (SSSR count). The Labute approximate surface area is 152 Å². The lowest BCUT2D eigenvalue weighted by Gasteiger charge is -2.39. The van der Waals surface area contributed by atoms with Crippen LogP contribution in [0.2, 0.25) is 5.02 Å². The van der Waals surface area contributed by atoms with Gasteiger partial charge in [-0.15, -0.1) is 0 Å². The Bertz CT molecular complexity index is 825. The summed E-state index contributed by atoms with van der Waals surface area (Å²) in [7, 11) is -1.48. The molecule has 1 heterocycles. The van der Waals surface area contributed by atoms with Gasteiger partial charge in [-0.05, 0) is 42.4 Å². The van der Waals surface area contributed by atoms with Gasteiger partial charge in [-0.3, -0.25) is 4.90 Å². The summed E-state index contributed by atoms with van der Waals surface area (Å²) in [6.45, 7) is 1.43. The summed E-state index contributed by atoms with van der Waals surface area (Å²) in [6, 6.07) is 13.0. The summed E-state index contributed by atoms with van der Waals surface area (Å²) in [4.78, 5) is 2.10. The smallest absolute Gasteiger partial charge is 0.218 e. The standard InChI is InChI=1S/C18H20ClFN2O2S/c1-21-10-11-22(12-18(21)15-4-8-17(20)9-5-15)25(23,24)13-14-2-6-16(19)7-3-14/h2-9,18H,10-13H2,1H3. The molecule has 0 radical (unpaired) electrons. The molecule has 0 bridgehead atoms. The summed E-state index contributed by atoms with van der Waals surface area (Å²) >= 11 is 5.85. The fourth-order valence-electron chi connectivity index (χ4n) is 3.03. The Balaban J connectivity index is 1.77. The van der Waals surface area contributed by atoms with Crippen molar-refractivity contribution in [2.75, 3.05) is 26.7 Å². The first kappa shape index (κ1) is 18.3. The molecule has 134 valence electrons. The van der Waals surface area contributed by atoms with Gasteiger partial charge in [0.25, 0.3) is 0 Å². The average molecular weight is 383 g/mol. The van der Waals surface area contributed by atoms with E-state index in [-0.39, 0.29) is 17.6 Å². The van der Waals surface area contributed by atoms with Gasteiger partial charge in [-0.1, -0.05) is 35.9 Å².